The minimum absolute atomic E-state index is 1.03. The molecule has 0 nitrogen and oxygen atoms in total. The molecule has 0 heterocycles. The van der Waals surface area contributed by atoms with E-state index in [0.29, 0.717) is 0 Å². The van der Waals surface area contributed by atoms with E-state index < -0.39 is 0 Å². The van der Waals surface area contributed by atoms with E-state index in [1.165, 1.54) is 38.5 Å². The van der Waals surface area contributed by atoms with Crippen LogP contribution in [0.2, 0.25) is 0 Å². The Morgan fingerprint density at radius 3 is 2.44 bits per heavy atom. The second-order valence-electron chi connectivity index (χ2n) is 4.11. The molecule has 0 aliphatic rings. The molecule has 0 bridgehead atoms. The maximum Gasteiger partial charge on any atom is 0.0245 e. The van der Waals surface area contributed by atoms with Crippen LogP contribution in [-0.4, -0.2) is 0 Å². The van der Waals surface area contributed by atoms with Gasteiger partial charge in [-0.2, -0.15) is 0 Å². The predicted octanol–water partition coefficient (Wildman–Crippen LogP) is 4.59. The summed E-state index contributed by atoms with van der Waals surface area (Å²) in [6.07, 6.45) is 9.07. The highest BCUT2D eigenvalue weighted by Crippen LogP contribution is 2.06. The molecule has 1 rings (SSSR count). The van der Waals surface area contributed by atoms with Crippen molar-refractivity contribution in [1.82, 2.24) is 0 Å². The lowest BCUT2D eigenvalue weighted by molar-refractivity contribution is 0.614. The van der Waals surface area contributed by atoms with Crippen molar-refractivity contribution in [3.8, 4) is 11.8 Å². The molecule has 0 heteroatoms. The average molecular weight is 213 g/mol. The van der Waals surface area contributed by atoms with Crippen molar-refractivity contribution >= 4 is 0 Å². The first kappa shape index (κ1) is 12.8. The predicted molar refractivity (Wildman–Crippen MR) is 70.1 cm³/mol. The van der Waals surface area contributed by atoms with Crippen LogP contribution in [0.3, 0.4) is 0 Å². The minimum Gasteiger partial charge on any atom is -0.0979 e. The van der Waals surface area contributed by atoms with Crippen LogP contribution in [0, 0.1) is 17.9 Å². The zero-order valence-electron chi connectivity index (χ0n) is 10.3. The Balaban J connectivity index is 2.05. The van der Waals surface area contributed by atoms with Crippen molar-refractivity contribution in [1.29, 1.82) is 0 Å². The highest BCUT2D eigenvalue weighted by molar-refractivity contribution is 5.33. The highest BCUT2D eigenvalue weighted by Gasteiger charge is 1.88. The summed E-state index contributed by atoms with van der Waals surface area (Å²) in [6, 6.07) is 10.8. The molecule has 85 valence electrons. The van der Waals surface area contributed by atoms with Crippen LogP contribution in [0.4, 0.5) is 0 Å². The molecule has 1 aromatic carbocycles. The fourth-order valence-electron chi connectivity index (χ4n) is 1.63. The number of hydrogen-bond donors (Lipinski definition) is 0. The lowest BCUT2D eigenvalue weighted by Crippen LogP contribution is -1.78. The van der Waals surface area contributed by atoms with E-state index in [1.54, 1.807) is 0 Å². The maximum atomic E-state index is 3.23. The van der Waals surface area contributed by atoms with E-state index in [2.05, 4.69) is 24.8 Å². The zero-order chi connectivity index (χ0) is 11.5. The summed E-state index contributed by atoms with van der Waals surface area (Å²) in [6.45, 7) is 2.25. The van der Waals surface area contributed by atoms with E-state index in [1.807, 2.05) is 24.3 Å². The summed E-state index contributed by atoms with van der Waals surface area (Å²) < 4.78 is 0. The first-order chi connectivity index (χ1) is 7.93. The Hall–Kier alpha value is -1.22. The van der Waals surface area contributed by atoms with Crippen molar-refractivity contribution in [2.24, 2.45) is 0 Å². The van der Waals surface area contributed by atoms with Crippen molar-refractivity contribution < 1.29 is 0 Å². The Bertz CT molecular complexity index is 313. The van der Waals surface area contributed by atoms with Crippen molar-refractivity contribution in [2.75, 3.05) is 0 Å². The van der Waals surface area contributed by atoms with Gasteiger partial charge in [0, 0.05) is 12.0 Å². The molecule has 0 aliphatic carbocycles. The average Bonchev–Trinajstić information content (AvgIpc) is 2.34. The summed E-state index contributed by atoms with van der Waals surface area (Å²) in [5.41, 5.74) is 1.10. The van der Waals surface area contributed by atoms with Gasteiger partial charge >= 0.3 is 0 Å². The molecular weight excluding hydrogens is 192 g/mol. The quantitative estimate of drug-likeness (QED) is 0.479. The number of hydrogen-bond acceptors (Lipinski definition) is 0. The zero-order valence-corrected chi connectivity index (χ0v) is 10.3. The Morgan fingerprint density at radius 2 is 1.69 bits per heavy atom. The van der Waals surface area contributed by atoms with Gasteiger partial charge in [0.25, 0.3) is 0 Å². The third-order valence-electron chi connectivity index (χ3n) is 2.61. The Morgan fingerprint density at radius 1 is 1.00 bits per heavy atom. The first-order valence-electron chi connectivity index (χ1n) is 6.38. The van der Waals surface area contributed by atoms with E-state index >= 15 is 0 Å². The van der Waals surface area contributed by atoms with Gasteiger partial charge in [0.15, 0.2) is 0 Å². The van der Waals surface area contributed by atoms with Crippen molar-refractivity contribution in [3.63, 3.8) is 0 Å². The van der Waals surface area contributed by atoms with Gasteiger partial charge in [0.05, 0.1) is 0 Å². The SMILES string of the molecule is CCCCCCCCC#Cc1cc[c]cc1. The smallest absolute Gasteiger partial charge is 0.0245 e. The third kappa shape index (κ3) is 6.30. The van der Waals surface area contributed by atoms with Gasteiger partial charge in [-0.25, -0.2) is 0 Å². The lowest BCUT2D eigenvalue weighted by Gasteiger charge is -1.96. The van der Waals surface area contributed by atoms with Crippen LogP contribution in [0.1, 0.15) is 57.4 Å². The molecule has 0 aromatic heterocycles. The van der Waals surface area contributed by atoms with E-state index in [0.717, 1.165) is 12.0 Å². The number of rotatable bonds is 6. The van der Waals surface area contributed by atoms with Crippen LogP contribution < -0.4 is 0 Å². The van der Waals surface area contributed by atoms with E-state index in [-0.39, 0.29) is 0 Å². The molecule has 0 saturated heterocycles. The maximum absolute atomic E-state index is 3.23. The molecule has 0 amide bonds. The molecule has 0 spiro atoms. The van der Waals surface area contributed by atoms with Crippen LogP contribution in [0.5, 0.6) is 0 Å². The standard InChI is InChI=1S/C16H21/c1-2-3-4-5-6-7-8-10-13-16-14-11-9-12-15-16/h11-12,14-15H,2-8H2,1H3. The molecule has 1 radical (unpaired) electrons. The van der Waals surface area contributed by atoms with Crippen molar-refractivity contribution in [2.45, 2.75) is 51.9 Å². The Kier molecular flexibility index (Phi) is 7.26. The van der Waals surface area contributed by atoms with Crippen LogP contribution >= 0.6 is 0 Å². The van der Waals surface area contributed by atoms with Gasteiger partial charge < -0.3 is 0 Å². The van der Waals surface area contributed by atoms with Crippen LogP contribution in [-0.2, 0) is 0 Å². The van der Waals surface area contributed by atoms with Gasteiger partial charge in [0.1, 0.15) is 0 Å². The molecule has 0 saturated carbocycles. The summed E-state index contributed by atoms with van der Waals surface area (Å²) in [7, 11) is 0. The fraction of sp³-hybridized carbons (Fsp3) is 0.500. The number of benzene rings is 1. The summed E-state index contributed by atoms with van der Waals surface area (Å²) in [5, 5.41) is 0. The van der Waals surface area contributed by atoms with E-state index in [9.17, 15) is 0 Å². The second-order valence-corrected chi connectivity index (χ2v) is 4.11. The summed E-state index contributed by atoms with van der Waals surface area (Å²) in [5.74, 6) is 6.41. The molecule has 0 aliphatic heterocycles. The molecule has 1 aromatic rings. The third-order valence-corrected chi connectivity index (χ3v) is 2.61. The largest absolute Gasteiger partial charge is 0.0979 e. The molecular formula is C16H21. The molecule has 0 atom stereocenters. The Labute approximate surface area is 100 Å². The summed E-state index contributed by atoms with van der Waals surface area (Å²) >= 11 is 0. The normalized spacial score (nSPS) is 9.56. The molecule has 0 fully saturated rings. The minimum atomic E-state index is 1.03. The molecule has 0 N–H and O–H groups in total. The van der Waals surface area contributed by atoms with E-state index in [4.69, 9.17) is 0 Å². The van der Waals surface area contributed by atoms with Crippen LogP contribution in [0.25, 0.3) is 0 Å². The molecule has 0 unspecified atom stereocenters. The highest BCUT2D eigenvalue weighted by atomic mass is 13.9. The van der Waals surface area contributed by atoms with Gasteiger partial charge in [-0.05, 0) is 24.6 Å². The van der Waals surface area contributed by atoms with Gasteiger partial charge in [0.2, 0.25) is 0 Å². The first-order valence-corrected chi connectivity index (χ1v) is 6.38. The van der Waals surface area contributed by atoms with Gasteiger partial charge in [-0.3, -0.25) is 0 Å². The van der Waals surface area contributed by atoms with Crippen LogP contribution in [0.15, 0.2) is 24.3 Å². The molecule has 16 heavy (non-hydrogen) atoms. The van der Waals surface area contributed by atoms with Gasteiger partial charge in [-0.1, -0.05) is 63.0 Å². The number of unbranched alkanes of at least 4 members (excludes halogenated alkanes) is 6. The topological polar surface area (TPSA) is 0 Å². The summed E-state index contributed by atoms with van der Waals surface area (Å²) in [4.78, 5) is 0. The lowest BCUT2D eigenvalue weighted by atomic mass is 10.1. The van der Waals surface area contributed by atoms with Gasteiger partial charge in [-0.15, -0.1) is 0 Å². The monoisotopic (exact) mass is 213 g/mol. The second kappa shape index (κ2) is 9.04. The van der Waals surface area contributed by atoms with Crippen molar-refractivity contribution in [3.05, 3.63) is 35.9 Å². The fourth-order valence-corrected chi connectivity index (χ4v) is 1.63.